The van der Waals surface area contributed by atoms with Crippen molar-refractivity contribution < 1.29 is 9.26 Å². The molecule has 94 valence electrons. The fourth-order valence-electron chi connectivity index (χ4n) is 2.49. The van der Waals surface area contributed by atoms with Gasteiger partial charge in [-0.15, -0.1) is 0 Å². The normalized spacial score (nSPS) is 36.4. The molecule has 2 fully saturated rings. The zero-order chi connectivity index (χ0) is 11.8. The minimum atomic E-state index is 0.213. The maximum atomic E-state index is 5.49. The lowest BCUT2D eigenvalue weighted by molar-refractivity contribution is 0.185. The highest BCUT2D eigenvalue weighted by atomic mass is 16.5. The van der Waals surface area contributed by atoms with Gasteiger partial charge in [0.2, 0.25) is 5.89 Å². The monoisotopic (exact) mass is 237 g/mol. The van der Waals surface area contributed by atoms with Crippen LogP contribution in [0.2, 0.25) is 0 Å². The summed E-state index contributed by atoms with van der Waals surface area (Å²) in [6.07, 6.45) is 1.19. The molecule has 0 spiro atoms. The molecular formula is C12H19N3O2. The molecule has 2 aliphatic rings. The van der Waals surface area contributed by atoms with Gasteiger partial charge in [-0.2, -0.15) is 4.98 Å². The van der Waals surface area contributed by atoms with Crippen molar-refractivity contribution in [1.82, 2.24) is 15.5 Å². The third kappa shape index (κ3) is 2.09. The van der Waals surface area contributed by atoms with Crippen LogP contribution in [0.4, 0.5) is 0 Å². The van der Waals surface area contributed by atoms with Gasteiger partial charge < -0.3 is 14.6 Å². The SMILES string of the molecule is CCNC1COCC1c1nc(C2CC2C)no1. The molecule has 1 N–H and O–H groups in total. The zero-order valence-corrected chi connectivity index (χ0v) is 10.3. The van der Waals surface area contributed by atoms with Crippen LogP contribution in [0, 0.1) is 5.92 Å². The van der Waals surface area contributed by atoms with Crippen LogP contribution >= 0.6 is 0 Å². The van der Waals surface area contributed by atoms with E-state index in [1.807, 2.05) is 0 Å². The van der Waals surface area contributed by atoms with Gasteiger partial charge in [0, 0.05) is 12.0 Å². The standard InChI is InChI=1S/C12H19N3O2/c1-3-13-10-6-16-5-9(10)12-14-11(15-17-12)8-4-7(8)2/h7-10,13H,3-6H2,1-2H3. The minimum absolute atomic E-state index is 0.213. The molecule has 4 atom stereocenters. The van der Waals surface area contributed by atoms with Crippen LogP contribution in [0.3, 0.4) is 0 Å². The summed E-state index contributed by atoms with van der Waals surface area (Å²) >= 11 is 0. The molecule has 1 saturated carbocycles. The van der Waals surface area contributed by atoms with E-state index in [4.69, 9.17) is 9.26 Å². The predicted molar refractivity (Wildman–Crippen MR) is 61.8 cm³/mol. The molecule has 1 aromatic heterocycles. The second-order valence-electron chi connectivity index (χ2n) is 5.12. The van der Waals surface area contributed by atoms with Crippen LogP contribution in [0.5, 0.6) is 0 Å². The van der Waals surface area contributed by atoms with Crippen molar-refractivity contribution in [1.29, 1.82) is 0 Å². The summed E-state index contributed by atoms with van der Waals surface area (Å²) in [5, 5.41) is 7.50. The topological polar surface area (TPSA) is 60.2 Å². The van der Waals surface area contributed by atoms with Gasteiger partial charge in [0.05, 0.1) is 19.1 Å². The Kier molecular flexibility index (Phi) is 2.88. The molecule has 0 radical (unpaired) electrons. The number of aromatic nitrogens is 2. The summed E-state index contributed by atoms with van der Waals surface area (Å²) in [6, 6.07) is 0.310. The summed E-state index contributed by atoms with van der Waals surface area (Å²) in [5.41, 5.74) is 0. The van der Waals surface area contributed by atoms with Crippen LogP contribution in [-0.4, -0.2) is 35.9 Å². The van der Waals surface area contributed by atoms with E-state index in [-0.39, 0.29) is 5.92 Å². The Hall–Kier alpha value is -0.940. The third-order valence-electron chi connectivity index (χ3n) is 3.76. The van der Waals surface area contributed by atoms with Crippen LogP contribution < -0.4 is 5.32 Å². The lowest BCUT2D eigenvalue weighted by Crippen LogP contribution is -2.34. The van der Waals surface area contributed by atoms with Gasteiger partial charge in [-0.3, -0.25) is 0 Å². The van der Waals surface area contributed by atoms with Gasteiger partial charge in [0.1, 0.15) is 0 Å². The summed E-state index contributed by atoms with van der Waals surface area (Å²) < 4.78 is 10.9. The average molecular weight is 237 g/mol. The smallest absolute Gasteiger partial charge is 0.233 e. The van der Waals surface area contributed by atoms with Crippen molar-refractivity contribution in [2.45, 2.75) is 38.1 Å². The Labute approximate surface area is 101 Å². The van der Waals surface area contributed by atoms with E-state index in [9.17, 15) is 0 Å². The Morgan fingerprint density at radius 1 is 1.35 bits per heavy atom. The molecule has 1 aromatic rings. The number of hydrogen-bond donors (Lipinski definition) is 1. The van der Waals surface area contributed by atoms with Gasteiger partial charge in [0.25, 0.3) is 0 Å². The largest absolute Gasteiger partial charge is 0.379 e. The number of nitrogens with zero attached hydrogens (tertiary/aromatic N) is 2. The van der Waals surface area contributed by atoms with E-state index in [1.165, 1.54) is 6.42 Å². The highest BCUT2D eigenvalue weighted by Gasteiger charge is 2.40. The lowest BCUT2D eigenvalue weighted by atomic mass is 10.0. The molecular weight excluding hydrogens is 218 g/mol. The maximum absolute atomic E-state index is 5.49. The molecule has 3 rings (SSSR count). The van der Waals surface area contributed by atoms with E-state index in [0.717, 1.165) is 24.9 Å². The fourth-order valence-corrected chi connectivity index (χ4v) is 2.49. The number of hydrogen-bond acceptors (Lipinski definition) is 5. The van der Waals surface area contributed by atoms with Crippen molar-refractivity contribution >= 4 is 0 Å². The van der Waals surface area contributed by atoms with Gasteiger partial charge >= 0.3 is 0 Å². The summed E-state index contributed by atoms with van der Waals surface area (Å²) in [6.45, 7) is 6.67. The number of ether oxygens (including phenoxy) is 1. The number of likely N-dealkylation sites (N-methyl/N-ethyl adjacent to an activating group) is 1. The third-order valence-corrected chi connectivity index (χ3v) is 3.76. The Balaban J connectivity index is 1.72. The number of nitrogens with one attached hydrogen (secondary N) is 1. The molecule has 0 aromatic carbocycles. The van der Waals surface area contributed by atoms with Crippen LogP contribution in [0.1, 0.15) is 43.8 Å². The molecule has 17 heavy (non-hydrogen) atoms. The first-order valence-corrected chi connectivity index (χ1v) is 6.44. The van der Waals surface area contributed by atoms with E-state index < -0.39 is 0 Å². The van der Waals surface area contributed by atoms with Gasteiger partial charge in [0.15, 0.2) is 5.82 Å². The van der Waals surface area contributed by atoms with Crippen LogP contribution in [0.15, 0.2) is 4.52 Å². The molecule has 0 amide bonds. The second kappa shape index (κ2) is 4.38. The maximum Gasteiger partial charge on any atom is 0.233 e. The van der Waals surface area contributed by atoms with Crippen LogP contribution in [-0.2, 0) is 4.74 Å². The molecule has 5 nitrogen and oxygen atoms in total. The predicted octanol–water partition coefficient (Wildman–Crippen LogP) is 1.28. The van der Waals surface area contributed by atoms with E-state index >= 15 is 0 Å². The quantitative estimate of drug-likeness (QED) is 0.855. The molecule has 1 aliphatic carbocycles. The van der Waals surface area contributed by atoms with Gasteiger partial charge in [-0.05, 0) is 18.9 Å². The van der Waals surface area contributed by atoms with Gasteiger partial charge in [-0.1, -0.05) is 19.0 Å². The molecule has 4 unspecified atom stereocenters. The van der Waals surface area contributed by atoms with Crippen molar-refractivity contribution in [3.63, 3.8) is 0 Å². The number of rotatable bonds is 4. The van der Waals surface area contributed by atoms with E-state index in [1.54, 1.807) is 0 Å². The molecule has 5 heteroatoms. The Morgan fingerprint density at radius 3 is 2.88 bits per heavy atom. The van der Waals surface area contributed by atoms with Crippen molar-refractivity contribution in [2.75, 3.05) is 19.8 Å². The fraction of sp³-hybridized carbons (Fsp3) is 0.833. The first-order chi connectivity index (χ1) is 8.29. The highest BCUT2D eigenvalue weighted by molar-refractivity contribution is 5.10. The van der Waals surface area contributed by atoms with Crippen molar-refractivity contribution in [3.8, 4) is 0 Å². The molecule has 2 heterocycles. The molecule has 0 bridgehead atoms. The van der Waals surface area contributed by atoms with Crippen molar-refractivity contribution in [3.05, 3.63) is 11.7 Å². The van der Waals surface area contributed by atoms with Crippen LogP contribution in [0.25, 0.3) is 0 Å². The van der Waals surface area contributed by atoms with Crippen molar-refractivity contribution in [2.24, 2.45) is 5.92 Å². The van der Waals surface area contributed by atoms with Gasteiger partial charge in [-0.25, -0.2) is 0 Å². The average Bonchev–Trinajstić information content (AvgIpc) is 2.77. The second-order valence-corrected chi connectivity index (χ2v) is 5.12. The molecule has 1 saturated heterocycles. The Morgan fingerprint density at radius 2 is 2.18 bits per heavy atom. The summed E-state index contributed by atoms with van der Waals surface area (Å²) in [5.74, 6) is 3.07. The Bertz CT molecular complexity index is 393. The van der Waals surface area contributed by atoms with E-state index in [0.29, 0.717) is 24.5 Å². The first-order valence-electron chi connectivity index (χ1n) is 6.44. The lowest BCUT2D eigenvalue weighted by Gasteiger charge is -2.13. The summed E-state index contributed by atoms with van der Waals surface area (Å²) in [7, 11) is 0. The summed E-state index contributed by atoms with van der Waals surface area (Å²) in [4.78, 5) is 4.54. The van der Waals surface area contributed by atoms with E-state index in [2.05, 4.69) is 29.3 Å². The highest BCUT2D eigenvalue weighted by Crippen LogP contribution is 2.45. The zero-order valence-electron chi connectivity index (χ0n) is 10.3. The minimum Gasteiger partial charge on any atom is -0.379 e. The molecule has 1 aliphatic heterocycles. The first kappa shape index (κ1) is 11.2.